The predicted octanol–water partition coefficient (Wildman–Crippen LogP) is -0.541. The van der Waals surface area contributed by atoms with Gasteiger partial charge in [-0.25, -0.2) is 13.1 Å². The molecule has 1 saturated carbocycles. The maximum absolute atomic E-state index is 11.6. The second kappa shape index (κ2) is 3.92. The third kappa shape index (κ3) is 2.36. The fourth-order valence-corrected chi connectivity index (χ4v) is 2.59. The molecule has 1 aliphatic carbocycles. The molecule has 1 fully saturated rings. The van der Waals surface area contributed by atoms with Gasteiger partial charge in [0.25, 0.3) is 0 Å². The minimum Gasteiger partial charge on any atom is -0.393 e. The van der Waals surface area contributed by atoms with Crippen molar-refractivity contribution in [2.24, 2.45) is 5.92 Å². The molecule has 1 aliphatic rings. The third-order valence-electron chi connectivity index (χ3n) is 2.56. The Kier molecular flexibility index (Phi) is 2.76. The Bertz CT molecular complexity index is 408. The normalized spacial score (nSPS) is 26.2. The number of aromatic nitrogens is 2. The van der Waals surface area contributed by atoms with Crippen molar-refractivity contribution in [2.45, 2.75) is 23.8 Å². The van der Waals surface area contributed by atoms with Crippen LogP contribution in [0.3, 0.4) is 0 Å². The molecule has 6 nitrogen and oxygen atoms in total. The molecule has 0 radical (unpaired) electrons. The van der Waals surface area contributed by atoms with Crippen LogP contribution < -0.4 is 4.72 Å². The number of hydrogen-bond acceptors (Lipinski definition) is 4. The Labute approximate surface area is 87.8 Å². The lowest BCUT2D eigenvalue weighted by atomic mass is 9.83. The van der Waals surface area contributed by atoms with Crippen LogP contribution in [0.25, 0.3) is 0 Å². The first kappa shape index (κ1) is 10.6. The van der Waals surface area contributed by atoms with Crippen LogP contribution in [0.1, 0.15) is 12.8 Å². The van der Waals surface area contributed by atoms with Gasteiger partial charge in [-0.1, -0.05) is 0 Å². The molecule has 1 aromatic heterocycles. The standard InChI is InChI=1S/C8H13N3O3S/c12-7-1-6(2-7)3-11-15(13,14)8-4-9-10-5-8/h4-7,11-12H,1-3H2,(H,9,10). The van der Waals surface area contributed by atoms with E-state index in [1.54, 1.807) is 0 Å². The number of H-pyrrole nitrogens is 1. The molecule has 15 heavy (non-hydrogen) atoms. The quantitative estimate of drug-likeness (QED) is 0.648. The molecule has 0 unspecified atom stereocenters. The van der Waals surface area contributed by atoms with Crippen molar-refractivity contribution in [3.63, 3.8) is 0 Å². The topological polar surface area (TPSA) is 95.1 Å². The largest absolute Gasteiger partial charge is 0.393 e. The van der Waals surface area contributed by atoms with Crippen molar-refractivity contribution in [1.29, 1.82) is 0 Å². The number of rotatable bonds is 4. The zero-order valence-corrected chi connectivity index (χ0v) is 8.87. The van der Waals surface area contributed by atoms with E-state index in [1.807, 2.05) is 0 Å². The Morgan fingerprint density at radius 1 is 1.60 bits per heavy atom. The number of sulfonamides is 1. The fraction of sp³-hybridized carbons (Fsp3) is 0.625. The molecule has 2 rings (SSSR count). The van der Waals surface area contributed by atoms with Gasteiger partial charge in [-0.3, -0.25) is 5.10 Å². The van der Waals surface area contributed by atoms with Crippen LogP contribution >= 0.6 is 0 Å². The molecular weight excluding hydrogens is 218 g/mol. The van der Waals surface area contributed by atoms with E-state index < -0.39 is 10.0 Å². The molecule has 0 amide bonds. The molecule has 0 atom stereocenters. The van der Waals surface area contributed by atoms with Gasteiger partial charge >= 0.3 is 0 Å². The summed E-state index contributed by atoms with van der Waals surface area (Å²) in [5.74, 6) is 0.252. The highest BCUT2D eigenvalue weighted by Gasteiger charge is 2.28. The third-order valence-corrected chi connectivity index (χ3v) is 3.95. The Morgan fingerprint density at radius 3 is 2.87 bits per heavy atom. The highest BCUT2D eigenvalue weighted by atomic mass is 32.2. The van der Waals surface area contributed by atoms with Crippen LogP contribution in [0.5, 0.6) is 0 Å². The van der Waals surface area contributed by atoms with Gasteiger partial charge in [-0.2, -0.15) is 5.10 Å². The Balaban J connectivity index is 1.89. The summed E-state index contributed by atoms with van der Waals surface area (Å²) in [5.41, 5.74) is 0. The number of nitrogens with one attached hydrogen (secondary N) is 2. The maximum atomic E-state index is 11.6. The molecule has 0 saturated heterocycles. The van der Waals surface area contributed by atoms with E-state index >= 15 is 0 Å². The van der Waals surface area contributed by atoms with Crippen molar-refractivity contribution in [3.8, 4) is 0 Å². The van der Waals surface area contributed by atoms with E-state index in [9.17, 15) is 8.42 Å². The van der Waals surface area contributed by atoms with Gasteiger partial charge in [0.2, 0.25) is 10.0 Å². The van der Waals surface area contributed by atoms with E-state index in [4.69, 9.17) is 5.11 Å². The first-order valence-corrected chi connectivity index (χ1v) is 6.23. The minimum absolute atomic E-state index is 0.141. The van der Waals surface area contributed by atoms with Crippen LogP contribution in [0.4, 0.5) is 0 Å². The maximum Gasteiger partial charge on any atom is 0.243 e. The molecule has 1 heterocycles. The van der Waals surface area contributed by atoms with Gasteiger partial charge in [0, 0.05) is 12.7 Å². The van der Waals surface area contributed by atoms with E-state index in [2.05, 4.69) is 14.9 Å². The van der Waals surface area contributed by atoms with Crippen LogP contribution in [-0.4, -0.2) is 36.4 Å². The Hall–Kier alpha value is -0.920. The summed E-state index contributed by atoms with van der Waals surface area (Å²) in [6.07, 6.45) is 3.69. The summed E-state index contributed by atoms with van der Waals surface area (Å²) in [7, 11) is -3.43. The van der Waals surface area contributed by atoms with Crippen molar-refractivity contribution >= 4 is 10.0 Å². The SMILES string of the molecule is O=S(=O)(NCC1CC(O)C1)c1cn[nH]c1. The summed E-state index contributed by atoms with van der Waals surface area (Å²) in [6.45, 7) is 0.380. The van der Waals surface area contributed by atoms with E-state index in [-0.39, 0.29) is 16.9 Å². The molecular formula is C8H13N3O3S. The van der Waals surface area contributed by atoms with Crippen molar-refractivity contribution in [1.82, 2.24) is 14.9 Å². The van der Waals surface area contributed by atoms with Gasteiger partial charge in [0.1, 0.15) is 4.90 Å². The smallest absolute Gasteiger partial charge is 0.243 e. The number of aliphatic hydroxyl groups is 1. The molecule has 7 heteroatoms. The highest BCUT2D eigenvalue weighted by molar-refractivity contribution is 7.89. The summed E-state index contributed by atoms with van der Waals surface area (Å²) in [5, 5.41) is 15.1. The second-order valence-electron chi connectivity index (χ2n) is 3.78. The first-order chi connectivity index (χ1) is 7.08. The average Bonchev–Trinajstić information content (AvgIpc) is 2.63. The van der Waals surface area contributed by atoms with Gasteiger partial charge in [-0.15, -0.1) is 0 Å². The second-order valence-corrected chi connectivity index (χ2v) is 5.54. The van der Waals surface area contributed by atoms with Crippen LogP contribution in [0.15, 0.2) is 17.3 Å². The number of hydrogen-bond donors (Lipinski definition) is 3. The summed E-state index contributed by atoms with van der Waals surface area (Å²) in [6, 6.07) is 0. The first-order valence-electron chi connectivity index (χ1n) is 4.74. The monoisotopic (exact) mass is 231 g/mol. The van der Waals surface area contributed by atoms with Crippen LogP contribution in [-0.2, 0) is 10.0 Å². The number of aliphatic hydroxyl groups excluding tert-OH is 1. The number of aromatic amines is 1. The zero-order chi connectivity index (χ0) is 10.9. The van der Waals surface area contributed by atoms with Gasteiger partial charge in [0.15, 0.2) is 0 Å². The highest BCUT2D eigenvalue weighted by Crippen LogP contribution is 2.26. The zero-order valence-electron chi connectivity index (χ0n) is 8.05. The Morgan fingerprint density at radius 2 is 2.33 bits per heavy atom. The molecule has 84 valence electrons. The summed E-state index contributed by atoms with van der Waals surface area (Å²) < 4.78 is 25.7. The van der Waals surface area contributed by atoms with E-state index in [0.29, 0.717) is 19.4 Å². The van der Waals surface area contributed by atoms with Gasteiger partial charge < -0.3 is 5.11 Å². The van der Waals surface area contributed by atoms with E-state index in [1.165, 1.54) is 12.4 Å². The van der Waals surface area contributed by atoms with Crippen molar-refractivity contribution < 1.29 is 13.5 Å². The van der Waals surface area contributed by atoms with Gasteiger partial charge in [0.05, 0.1) is 12.3 Å². The summed E-state index contributed by atoms with van der Waals surface area (Å²) in [4.78, 5) is 0.141. The fourth-order valence-electron chi connectivity index (χ4n) is 1.56. The lowest BCUT2D eigenvalue weighted by molar-refractivity contribution is 0.0453. The van der Waals surface area contributed by atoms with Crippen LogP contribution in [0, 0.1) is 5.92 Å². The lowest BCUT2D eigenvalue weighted by Gasteiger charge is -2.31. The predicted molar refractivity (Wildman–Crippen MR) is 52.5 cm³/mol. The van der Waals surface area contributed by atoms with Crippen molar-refractivity contribution in [2.75, 3.05) is 6.54 Å². The lowest BCUT2D eigenvalue weighted by Crippen LogP contribution is -2.38. The number of nitrogens with zero attached hydrogens (tertiary/aromatic N) is 1. The molecule has 3 N–H and O–H groups in total. The average molecular weight is 231 g/mol. The van der Waals surface area contributed by atoms with Crippen molar-refractivity contribution in [3.05, 3.63) is 12.4 Å². The molecule has 0 aromatic carbocycles. The van der Waals surface area contributed by atoms with Gasteiger partial charge in [-0.05, 0) is 18.8 Å². The molecule has 0 spiro atoms. The molecule has 0 aliphatic heterocycles. The van der Waals surface area contributed by atoms with E-state index in [0.717, 1.165) is 0 Å². The van der Waals surface area contributed by atoms with Crippen LogP contribution in [0.2, 0.25) is 0 Å². The molecule has 1 aromatic rings. The minimum atomic E-state index is -3.43. The summed E-state index contributed by atoms with van der Waals surface area (Å²) >= 11 is 0. The molecule has 0 bridgehead atoms.